The second-order valence-corrected chi connectivity index (χ2v) is 9.65. The van der Waals surface area contributed by atoms with Crippen molar-refractivity contribution in [1.82, 2.24) is 29.9 Å². The number of rotatable bonds is 3. The second-order valence-electron chi connectivity index (χ2n) is 9.65. The van der Waals surface area contributed by atoms with Crippen molar-refractivity contribution in [2.45, 2.75) is 59.3 Å². The largest absolute Gasteiger partial charge is 0.342 e. The van der Waals surface area contributed by atoms with E-state index < -0.39 is 0 Å². The first-order chi connectivity index (χ1) is 18.5. The predicted molar refractivity (Wildman–Crippen MR) is 151 cm³/mol. The molecule has 0 aliphatic heterocycles. The minimum atomic E-state index is 0.296. The van der Waals surface area contributed by atoms with Gasteiger partial charge in [-0.25, -0.2) is 15.0 Å². The van der Waals surface area contributed by atoms with Crippen LogP contribution in [0.2, 0.25) is 1.41 Å². The minimum Gasteiger partial charge on any atom is -0.342 e. The quantitative estimate of drug-likeness (QED) is 0.236. The van der Waals surface area contributed by atoms with Crippen molar-refractivity contribution >= 4 is 33.1 Å². The highest BCUT2D eigenvalue weighted by atomic mass is 14.9. The fourth-order valence-corrected chi connectivity index (χ4v) is 3.55. The third-order valence-electron chi connectivity index (χ3n) is 5.64. The number of H-pyrrole nitrogens is 3. The first-order valence-electron chi connectivity index (χ1n) is 13.9. The molecule has 6 nitrogen and oxygen atoms in total. The molecule has 0 aliphatic carbocycles. The van der Waals surface area contributed by atoms with Gasteiger partial charge in [0, 0.05) is 17.8 Å². The van der Waals surface area contributed by atoms with Crippen LogP contribution in [0.15, 0.2) is 72.7 Å². The molecule has 0 bridgehead atoms. The Bertz CT molecular complexity index is 1690. The molecule has 186 valence electrons. The van der Waals surface area contributed by atoms with E-state index in [1.54, 1.807) is 18.2 Å². The molecule has 6 aromatic rings. The Kier molecular flexibility index (Phi) is 6.65. The van der Waals surface area contributed by atoms with Crippen molar-refractivity contribution in [1.29, 1.82) is 0 Å². The molecule has 0 radical (unpaired) electrons. The molecule has 3 heterocycles. The van der Waals surface area contributed by atoms with Crippen molar-refractivity contribution in [2.75, 3.05) is 0 Å². The third-order valence-corrected chi connectivity index (χ3v) is 5.64. The average molecular weight is 487 g/mol. The van der Waals surface area contributed by atoms with Gasteiger partial charge in [0.1, 0.15) is 17.5 Å². The monoisotopic (exact) mass is 486 g/mol. The number of benzene rings is 3. The van der Waals surface area contributed by atoms with E-state index in [2.05, 4.69) is 52.6 Å². The van der Waals surface area contributed by atoms with Gasteiger partial charge in [0.2, 0.25) is 0 Å². The molecule has 6 heteroatoms. The molecule has 0 amide bonds. The molecular weight excluding hydrogens is 444 g/mol. The maximum Gasteiger partial charge on any atom is 0.168 e. The normalized spacial score (nSPS) is 12.4. The lowest BCUT2D eigenvalue weighted by molar-refractivity contribution is 0.799. The minimum absolute atomic E-state index is 0.296. The summed E-state index contributed by atoms with van der Waals surface area (Å²) in [5, 5.41) is 0. The lowest BCUT2D eigenvalue weighted by atomic mass is 10.2. The summed E-state index contributed by atoms with van der Waals surface area (Å²) in [7, 11) is 0. The molecule has 6 rings (SSSR count). The van der Waals surface area contributed by atoms with Gasteiger partial charge in [-0.2, -0.15) is 0 Å². The van der Waals surface area contributed by atoms with Crippen LogP contribution < -0.4 is 0 Å². The summed E-state index contributed by atoms with van der Waals surface area (Å²) in [5.41, 5.74) is 5.41. The molecular formula is C30H36N6. The highest BCUT2D eigenvalue weighted by Crippen LogP contribution is 2.17. The van der Waals surface area contributed by atoms with E-state index in [1.807, 2.05) is 56.3 Å². The zero-order chi connectivity index (χ0) is 28.3. The van der Waals surface area contributed by atoms with Crippen molar-refractivity contribution in [3.8, 4) is 0 Å². The second kappa shape index (κ2) is 11.2. The lowest BCUT2D eigenvalue weighted by Crippen LogP contribution is -1.88. The van der Waals surface area contributed by atoms with Gasteiger partial charge in [-0.05, 0) is 36.4 Å². The third kappa shape index (κ3) is 6.00. The molecule has 36 heavy (non-hydrogen) atoms. The number of fused-ring (bicyclic) bond motifs is 3. The molecule has 0 aliphatic rings. The molecule has 0 atom stereocenters. The van der Waals surface area contributed by atoms with Crippen LogP contribution in [-0.4, -0.2) is 29.9 Å². The van der Waals surface area contributed by atoms with Crippen LogP contribution in [0.25, 0.3) is 33.1 Å². The van der Waals surface area contributed by atoms with Gasteiger partial charge >= 0.3 is 0 Å². The topological polar surface area (TPSA) is 86.0 Å². The van der Waals surface area contributed by atoms with Gasteiger partial charge in [-0.1, -0.05) is 77.9 Å². The summed E-state index contributed by atoms with van der Waals surface area (Å²) < 4.78 is 22.9. The molecule has 0 spiro atoms. The van der Waals surface area contributed by atoms with Crippen LogP contribution in [0.5, 0.6) is 0 Å². The lowest BCUT2D eigenvalue weighted by Gasteiger charge is -1.95. The number of imidazole rings is 3. The summed E-state index contributed by atoms with van der Waals surface area (Å²) in [6, 6.07) is 19.7. The Morgan fingerprint density at radius 3 is 1.72 bits per heavy atom. The van der Waals surface area contributed by atoms with Crippen LogP contribution in [0.3, 0.4) is 0 Å². The number of aromatic amines is 3. The van der Waals surface area contributed by atoms with Gasteiger partial charge in [0.15, 0.2) is 1.41 Å². The predicted octanol–water partition coefficient (Wildman–Crippen LogP) is 8.06. The van der Waals surface area contributed by atoms with E-state index in [0.717, 1.165) is 50.6 Å². The fourth-order valence-electron chi connectivity index (χ4n) is 3.55. The zero-order valence-corrected chi connectivity index (χ0v) is 21.8. The van der Waals surface area contributed by atoms with Gasteiger partial charge in [-0.3, -0.25) is 0 Å². The average Bonchev–Trinajstić information content (AvgIpc) is 3.61. The first-order valence-corrected chi connectivity index (χ1v) is 12.4. The number of hydrogen-bond donors (Lipinski definition) is 3. The molecule has 3 aromatic carbocycles. The molecule has 0 saturated carbocycles. The summed E-state index contributed by atoms with van der Waals surface area (Å²) in [6.07, 6.45) is 0. The summed E-state index contributed by atoms with van der Waals surface area (Å²) in [5.74, 6) is 3.84. The summed E-state index contributed by atoms with van der Waals surface area (Å²) >= 11 is 0. The summed E-state index contributed by atoms with van der Waals surface area (Å²) in [6.45, 7) is 12.5. The van der Waals surface area contributed by atoms with Crippen molar-refractivity contribution < 1.29 is 4.15 Å². The summed E-state index contributed by atoms with van der Waals surface area (Å²) in [4.78, 5) is 21.0. The Hall–Kier alpha value is -3.93. The van der Waals surface area contributed by atoms with Crippen molar-refractivity contribution in [3.63, 3.8) is 0 Å². The van der Waals surface area contributed by atoms with Crippen LogP contribution >= 0.6 is 0 Å². The number of hydrogen-bond acceptors (Lipinski definition) is 3. The Morgan fingerprint density at radius 1 is 0.583 bits per heavy atom. The molecule has 3 N–H and O–H groups in total. The Balaban J connectivity index is 0.000000136. The molecule has 0 saturated heterocycles. The smallest absolute Gasteiger partial charge is 0.168 e. The number of aromatic nitrogens is 6. The first kappa shape index (κ1) is 21.4. The van der Waals surface area contributed by atoms with Crippen LogP contribution in [0.4, 0.5) is 0 Å². The van der Waals surface area contributed by atoms with Crippen molar-refractivity contribution in [2.24, 2.45) is 0 Å². The van der Waals surface area contributed by atoms with E-state index in [-0.39, 0.29) is 0 Å². The number of nitrogens with zero attached hydrogens (tertiary/aromatic N) is 3. The van der Waals surface area contributed by atoms with Gasteiger partial charge in [0.25, 0.3) is 0 Å². The van der Waals surface area contributed by atoms with E-state index in [1.165, 1.54) is 4.98 Å². The van der Waals surface area contributed by atoms with Gasteiger partial charge in [0.05, 0.1) is 35.8 Å². The maximum absolute atomic E-state index is 7.80. The van der Waals surface area contributed by atoms with Crippen LogP contribution in [-0.2, 0) is 0 Å². The molecule has 3 aromatic heterocycles. The Labute approximate surface area is 216 Å². The number of para-hydroxylation sites is 6. The highest BCUT2D eigenvalue weighted by molar-refractivity contribution is 5.76. The van der Waals surface area contributed by atoms with E-state index in [4.69, 9.17) is 4.15 Å². The SMILES string of the molecule is [3H]c1ccc2[nH]c(C(C)C)nc2c1.[3H]c1cccc2[nH]c(C(C)C)nc12.[3H]n1c(C(C)C)nc2ccccc21. The molecule has 0 unspecified atom stereocenters. The van der Waals surface area contributed by atoms with Gasteiger partial charge in [-0.15, -0.1) is 0 Å². The standard InChI is InChI=1S/3C10H12N2/c3*1-7(2)10-11-8-5-3-4-6-9(8)12-10/h3*3-7H,1-2H3,(H,11,12)/i5T;3T;/hT. The van der Waals surface area contributed by atoms with E-state index in [0.29, 0.717) is 29.8 Å². The Morgan fingerprint density at radius 2 is 1.08 bits per heavy atom. The highest BCUT2D eigenvalue weighted by Gasteiger charge is 2.06. The maximum atomic E-state index is 7.80. The number of nitrogens with one attached hydrogen (secondary N) is 3. The zero-order valence-electron chi connectivity index (χ0n) is 24.8. The van der Waals surface area contributed by atoms with Crippen LogP contribution in [0.1, 0.15) is 79.5 Å². The van der Waals surface area contributed by atoms with E-state index in [9.17, 15) is 0 Å². The van der Waals surface area contributed by atoms with Crippen molar-refractivity contribution in [3.05, 3.63) is 90.2 Å². The fraction of sp³-hybridized carbons (Fsp3) is 0.300. The molecule has 0 fully saturated rings. The van der Waals surface area contributed by atoms with Gasteiger partial charge < -0.3 is 14.9 Å². The van der Waals surface area contributed by atoms with Crippen LogP contribution in [0, 0.1) is 0 Å². The van der Waals surface area contributed by atoms with E-state index >= 15 is 0 Å².